The van der Waals surface area contributed by atoms with Crippen molar-refractivity contribution in [2.24, 2.45) is 5.73 Å². The van der Waals surface area contributed by atoms with E-state index in [0.717, 1.165) is 5.56 Å². The molecular formula is C24H27FN6O2. The fraction of sp³-hybridized carbons (Fsp3) is 0.375. The average molecular weight is 451 g/mol. The first-order valence-electron chi connectivity index (χ1n) is 11.1. The third-order valence-corrected chi connectivity index (χ3v) is 6.13. The molecule has 1 aliphatic rings. The maximum absolute atomic E-state index is 14.1. The minimum absolute atomic E-state index is 0.0615. The second-order valence-electron chi connectivity index (χ2n) is 8.91. The number of benzene rings is 1. The van der Waals surface area contributed by atoms with Crippen molar-refractivity contribution >= 4 is 16.6 Å². The van der Waals surface area contributed by atoms with Gasteiger partial charge in [-0.05, 0) is 44.5 Å². The van der Waals surface area contributed by atoms with Crippen LogP contribution in [0.25, 0.3) is 28.1 Å². The highest BCUT2D eigenvalue weighted by Crippen LogP contribution is 2.30. The number of fused-ring (bicyclic) bond motifs is 2. The molecule has 0 unspecified atom stereocenters. The van der Waals surface area contributed by atoms with E-state index < -0.39 is 6.10 Å². The largest absolute Gasteiger partial charge is 0.489 e. The second kappa shape index (κ2) is 8.33. The van der Waals surface area contributed by atoms with E-state index in [2.05, 4.69) is 22.0 Å². The zero-order valence-electron chi connectivity index (χ0n) is 18.8. The predicted molar refractivity (Wildman–Crippen MR) is 123 cm³/mol. The van der Waals surface area contributed by atoms with Crippen LogP contribution in [0.4, 0.5) is 4.39 Å². The SMILES string of the molecule is CC(C)Oc1cc(F)cc2ccc(-c3nnc4ccc([C@H](C)N5C[C@@H](N)[C@@H](O)C5)cn34)nc12. The Labute approximate surface area is 190 Å². The molecule has 0 spiro atoms. The lowest BCUT2D eigenvalue weighted by Crippen LogP contribution is -2.32. The average Bonchev–Trinajstić information content (AvgIpc) is 3.35. The van der Waals surface area contributed by atoms with Crippen LogP contribution in [0.3, 0.4) is 0 Å². The number of likely N-dealkylation sites (tertiary alicyclic amines) is 1. The summed E-state index contributed by atoms with van der Waals surface area (Å²) in [4.78, 5) is 6.92. The Hall–Kier alpha value is -3.14. The summed E-state index contributed by atoms with van der Waals surface area (Å²) < 4.78 is 21.8. The summed E-state index contributed by atoms with van der Waals surface area (Å²) >= 11 is 0. The minimum atomic E-state index is -0.518. The first-order chi connectivity index (χ1) is 15.8. The van der Waals surface area contributed by atoms with Crippen LogP contribution in [0.15, 0.2) is 42.6 Å². The molecule has 3 aromatic heterocycles. The maximum atomic E-state index is 14.1. The van der Waals surface area contributed by atoms with Gasteiger partial charge < -0.3 is 15.6 Å². The van der Waals surface area contributed by atoms with E-state index in [-0.39, 0.29) is 24.0 Å². The molecule has 0 amide bonds. The zero-order valence-corrected chi connectivity index (χ0v) is 18.8. The number of aromatic nitrogens is 4. The maximum Gasteiger partial charge on any atom is 0.187 e. The molecule has 1 aliphatic heterocycles. The van der Waals surface area contributed by atoms with Crippen LogP contribution < -0.4 is 10.5 Å². The molecule has 3 atom stereocenters. The smallest absolute Gasteiger partial charge is 0.187 e. The zero-order chi connectivity index (χ0) is 23.3. The van der Waals surface area contributed by atoms with Crippen LogP contribution in [0.1, 0.15) is 32.4 Å². The van der Waals surface area contributed by atoms with E-state index in [9.17, 15) is 9.50 Å². The number of rotatable bonds is 5. The van der Waals surface area contributed by atoms with Crippen molar-refractivity contribution in [3.05, 3.63) is 54.0 Å². The minimum Gasteiger partial charge on any atom is -0.489 e. The second-order valence-corrected chi connectivity index (χ2v) is 8.91. The highest BCUT2D eigenvalue weighted by Gasteiger charge is 2.31. The van der Waals surface area contributed by atoms with Crippen molar-refractivity contribution < 1.29 is 14.2 Å². The Kier molecular flexibility index (Phi) is 5.48. The lowest BCUT2D eigenvalue weighted by molar-refractivity contribution is 0.155. The van der Waals surface area contributed by atoms with Crippen LogP contribution >= 0.6 is 0 Å². The molecular weight excluding hydrogens is 423 g/mol. The first-order valence-corrected chi connectivity index (χ1v) is 11.1. The summed E-state index contributed by atoms with van der Waals surface area (Å²) in [5.74, 6) is 0.610. The molecule has 0 aliphatic carbocycles. The Bertz CT molecular complexity index is 1310. The Balaban J connectivity index is 1.56. The summed E-state index contributed by atoms with van der Waals surface area (Å²) in [6.07, 6.45) is 1.36. The Morgan fingerprint density at radius 1 is 1.12 bits per heavy atom. The van der Waals surface area contributed by atoms with E-state index >= 15 is 0 Å². The number of pyridine rings is 2. The molecule has 3 N–H and O–H groups in total. The summed E-state index contributed by atoms with van der Waals surface area (Å²) in [6, 6.07) is 10.2. The fourth-order valence-corrected chi connectivity index (χ4v) is 4.33. The molecule has 33 heavy (non-hydrogen) atoms. The summed E-state index contributed by atoms with van der Waals surface area (Å²) in [5, 5.41) is 19.4. The third kappa shape index (κ3) is 4.03. The first kappa shape index (κ1) is 21.7. The van der Waals surface area contributed by atoms with Gasteiger partial charge in [0.25, 0.3) is 0 Å². The Morgan fingerprint density at radius 2 is 1.94 bits per heavy atom. The fourth-order valence-electron chi connectivity index (χ4n) is 4.33. The van der Waals surface area contributed by atoms with Crippen LogP contribution in [-0.2, 0) is 0 Å². The van der Waals surface area contributed by atoms with Crippen molar-refractivity contribution in [3.8, 4) is 17.3 Å². The van der Waals surface area contributed by atoms with Crippen molar-refractivity contribution in [1.82, 2.24) is 24.5 Å². The highest BCUT2D eigenvalue weighted by atomic mass is 19.1. The van der Waals surface area contributed by atoms with Gasteiger partial charge in [0.1, 0.15) is 22.8 Å². The molecule has 1 saturated heterocycles. The lowest BCUT2D eigenvalue weighted by Gasteiger charge is -2.24. The van der Waals surface area contributed by atoms with Gasteiger partial charge in [-0.15, -0.1) is 10.2 Å². The number of β-amino-alcohol motifs (C(OH)–C–C–N with tert-alkyl or cyclic N) is 1. The number of ether oxygens (including phenoxy) is 1. The van der Waals surface area contributed by atoms with Gasteiger partial charge >= 0.3 is 0 Å². The van der Waals surface area contributed by atoms with Crippen molar-refractivity contribution in [2.75, 3.05) is 13.1 Å². The van der Waals surface area contributed by atoms with Gasteiger partial charge in [-0.25, -0.2) is 9.37 Å². The van der Waals surface area contributed by atoms with Crippen molar-refractivity contribution in [3.63, 3.8) is 0 Å². The van der Waals surface area contributed by atoms with E-state index in [1.54, 1.807) is 0 Å². The number of nitrogens with two attached hydrogens (primary N) is 1. The summed E-state index contributed by atoms with van der Waals surface area (Å²) in [6.45, 7) is 7.05. The Morgan fingerprint density at radius 3 is 2.67 bits per heavy atom. The third-order valence-electron chi connectivity index (χ3n) is 6.13. The number of hydrogen-bond acceptors (Lipinski definition) is 7. The summed E-state index contributed by atoms with van der Waals surface area (Å²) in [5.41, 5.74) is 8.93. The molecule has 172 valence electrons. The molecule has 1 fully saturated rings. The van der Waals surface area contributed by atoms with E-state index in [1.807, 2.05) is 48.7 Å². The van der Waals surface area contributed by atoms with Gasteiger partial charge in [0.05, 0.1) is 12.2 Å². The van der Waals surface area contributed by atoms with Crippen LogP contribution in [-0.4, -0.2) is 60.9 Å². The van der Waals surface area contributed by atoms with Gasteiger partial charge in [0, 0.05) is 42.8 Å². The quantitative estimate of drug-likeness (QED) is 0.482. The number of halogens is 1. The number of aliphatic hydroxyl groups is 1. The summed E-state index contributed by atoms with van der Waals surface area (Å²) in [7, 11) is 0. The van der Waals surface area contributed by atoms with Crippen molar-refractivity contribution in [2.45, 2.75) is 45.1 Å². The number of aliphatic hydroxyl groups excluding tert-OH is 1. The predicted octanol–water partition coefficient (Wildman–Crippen LogP) is 2.94. The van der Waals surface area contributed by atoms with E-state index in [0.29, 0.717) is 46.9 Å². The van der Waals surface area contributed by atoms with E-state index in [1.165, 1.54) is 12.1 Å². The van der Waals surface area contributed by atoms with Gasteiger partial charge in [0.15, 0.2) is 11.5 Å². The molecule has 8 nitrogen and oxygen atoms in total. The number of hydrogen-bond donors (Lipinski definition) is 2. The highest BCUT2D eigenvalue weighted by molar-refractivity contribution is 5.86. The molecule has 0 bridgehead atoms. The topological polar surface area (TPSA) is 102 Å². The normalized spacial score (nSPS) is 20.2. The standard InChI is InChI=1S/C24H27FN6O2/c1-13(2)33-21-9-17(25)8-15-4-6-19(27-23(15)21)24-29-28-22-7-5-16(10-31(22)24)14(3)30-11-18(26)20(32)12-30/h4-10,13-14,18,20,32H,11-12,26H2,1-3H3/t14-,18+,20-/m0/s1. The molecule has 0 radical (unpaired) electrons. The molecule has 5 rings (SSSR count). The van der Waals surface area contributed by atoms with Gasteiger partial charge in [-0.3, -0.25) is 9.30 Å². The molecule has 1 aromatic carbocycles. The van der Waals surface area contributed by atoms with Crippen molar-refractivity contribution in [1.29, 1.82) is 0 Å². The van der Waals surface area contributed by atoms with Crippen LogP contribution in [0.2, 0.25) is 0 Å². The van der Waals surface area contributed by atoms with Gasteiger partial charge in [-0.2, -0.15) is 0 Å². The monoisotopic (exact) mass is 450 g/mol. The lowest BCUT2D eigenvalue weighted by atomic mass is 10.1. The van der Waals surface area contributed by atoms with E-state index in [4.69, 9.17) is 15.5 Å². The molecule has 9 heteroatoms. The van der Waals surface area contributed by atoms with Crippen LogP contribution in [0, 0.1) is 5.82 Å². The molecule has 4 aromatic rings. The van der Waals surface area contributed by atoms with Gasteiger partial charge in [-0.1, -0.05) is 12.1 Å². The van der Waals surface area contributed by atoms with Gasteiger partial charge in [0.2, 0.25) is 0 Å². The molecule has 0 saturated carbocycles. The molecule has 4 heterocycles. The number of nitrogens with zero attached hydrogens (tertiary/aromatic N) is 5. The van der Waals surface area contributed by atoms with Crippen LogP contribution in [0.5, 0.6) is 5.75 Å².